The fourth-order valence-electron chi connectivity index (χ4n) is 2.83. The van der Waals surface area contributed by atoms with Gasteiger partial charge in [0.15, 0.2) is 0 Å². The van der Waals surface area contributed by atoms with Crippen molar-refractivity contribution in [2.45, 2.75) is 41.6 Å². The monoisotopic (exact) mass is 302 g/mol. The molecular weight excluding hydrogens is 288 g/mol. The minimum Gasteiger partial charge on any atom is -0.347 e. The highest BCUT2D eigenvalue weighted by molar-refractivity contribution is 8.00. The molecule has 2 aliphatic heterocycles. The zero-order chi connectivity index (χ0) is 12.7. The second-order valence-electron chi connectivity index (χ2n) is 4.81. The number of fused-ring (bicyclic) bond motifs is 2. The van der Waals surface area contributed by atoms with Crippen molar-refractivity contribution in [3.8, 4) is 0 Å². The molecule has 1 amide bonds. The summed E-state index contributed by atoms with van der Waals surface area (Å²) in [6.45, 7) is 0. The lowest BCUT2D eigenvalue weighted by molar-refractivity contribution is 0.0935. The van der Waals surface area contributed by atoms with Crippen LogP contribution in [-0.4, -0.2) is 30.3 Å². The smallest absolute Gasteiger partial charge is 0.261 e. The lowest BCUT2D eigenvalue weighted by atomic mass is 9.95. The third kappa shape index (κ3) is 2.29. The van der Waals surface area contributed by atoms with Crippen molar-refractivity contribution in [2.24, 2.45) is 0 Å². The summed E-state index contributed by atoms with van der Waals surface area (Å²) >= 11 is 9.12. The van der Waals surface area contributed by atoms with Crippen LogP contribution in [0.3, 0.4) is 0 Å². The van der Waals surface area contributed by atoms with Crippen LogP contribution in [0.5, 0.6) is 0 Å². The van der Waals surface area contributed by atoms with Crippen LogP contribution in [-0.2, 0) is 0 Å². The zero-order valence-electron chi connectivity index (χ0n) is 10.0. The molecule has 3 heterocycles. The quantitative estimate of drug-likeness (QED) is 0.844. The number of thioether (sulfide) groups is 1. The molecule has 1 aromatic heterocycles. The molecule has 2 aliphatic rings. The van der Waals surface area contributed by atoms with Crippen LogP contribution in [0.4, 0.5) is 0 Å². The van der Waals surface area contributed by atoms with Crippen molar-refractivity contribution in [3.63, 3.8) is 0 Å². The first kappa shape index (κ1) is 12.8. The van der Waals surface area contributed by atoms with E-state index in [1.807, 2.05) is 6.26 Å². The number of thiophene rings is 1. The Hall–Kier alpha value is -0.230. The summed E-state index contributed by atoms with van der Waals surface area (Å²) in [7, 11) is 0. The lowest BCUT2D eigenvalue weighted by Gasteiger charge is -2.20. The van der Waals surface area contributed by atoms with Gasteiger partial charge in [0.05, 0.1) is 14.1 Å². The Morgan fingerprint density at radius 2 is 2.44 bits per heavy atom. The highest BCUT2D eigenvalue weighted by Gasteiger charge is 2.39. The summed E-state index contributed by atoms with van der Waals surface area (Å²) < 4.78 is 1.01. The molecule has 0 saturated carbocycles. The fourth-order valence-corrected chi connectivity index (χ4v) is 4.89. The van der Waals surface area contributed by atoms with Crippen molar-refractivity contribution in [3.05, 3.63) is 16.0 Å². The Labute approximate surface area is 120 Å². The van der Waals surface area contributed by atoms with E-state index in [-0.39, 0.29) is 11.9 Å². The van der Waals surface area contributed by atoms with Crippen molar-refractivity contribution < 1.29 is 4.79 Å². The Balaban J connectivity index is 1.67. The first-order valence-electron chi connectivity index (χ1n) is 6.07. The molecule has 0 radical (unpaired) electrons. The molecule has 3 nitrogen and oxygen atoms in total. The summed E-state index contributed by atoms with van der Waals surface area (Å²) in [6, 6.07) is 3.13. The minimum atomic E-state index is 0.0153. The van der Waals surface area contributed by atoms with Gasteiger partial charge in [-0.3, -0.25) is 4.79 Å². The first-order chi connectivity index (χ1) is 8.67. The second-order valence-corrected chi connectivity index (χ2v) is 7.35. The number of hydrogen-bond donors (Lipinski definition) is 2. The Kier molecular flexibility index (Phi) is 3.58. The van der Waals surface area contributed by atoms with Crippen molar-refractivity contribution in [1.29, 1.82) is 0 Å². The number of halogens is 1. The summed E-state index contributed by atoms with van der Waals surface area (Å²) in [5.74, 6) is 0.0153. The second kappa shape index (κ2) is 5.04. The van der Waals surface area contributed by atoms with Crippen molar-refractivity contribution >= 4 is 40.6 Å². The topological polar surface area (TPSA) is 41.1 Å². The zero-order valence-corrected chi connectivity index (χ0v) is 12.4. The van der Waals surface area contributed by atoms with Gasteiger partial charge in [0, 0.05) is 18.1 Å². The summed E-state index contributed by atoms with van der Waals surface area (Å²) in [4.78, 5) is 12.9. The number of rotatable bonds is 3. The molecule has 1 aromatic rings. The molecule has 2 fully saturated rings. The van der Waals surface area contributed by atoms with E-state index in [4.69, 9.17) is 11.6 Å². The third-order valence-electron chi connectivity index (χ3n) is 3.68. The van der Waals surface area contributed by atoms with Crippen LogP contribution in [0.2, 0.25) is 5.02 Å². The van der Waals surface area contributed by atoms with Crippen LogP contribution >= 0.6 is 34.7 Å². The molecular formula is C12H15ClN2OS2. The highest BCUT2D eigenvalue weighted by Crippen LogP contribution is 2.34. The van der Waals surface area contributed by atoms with E-state index >= 15 is 0 Å². The van der Waals surface area contributed by atoms with Gasteiger partial charge in [-0.05, 0) is 31.6 Å². The molecule has 0 unspecified atom stereocenters. The molecule has 0 aromatic carbocycles. The molecule has 2 saturated heterocycles. The molecule has 3 rings (SSSR count). The molecule has 0 spiro atoms. The standard InChI is InChI=1S/C12H15ClN2OS2/c1-17-12-7(13)5-10(18-12)11(16)15-9-4-6-2-3-8(9)14-6/h5-6,8-9,14H,2-4H2,1H3,(H,15,16)/t6-,8+,9-/m1/s1. The number of hydrogen-bond acceptors (Lipinski definition) is 4. The lowest BCUT2D eigenvalue weighted by Crippen LogP contribution is -2.42. The number of carbonyl (C=O) groups excluding carboxylic acids is 1. The van der Waals surface area contributed by atoms with E-state index in [9.17, 15) is 4.79 Å². The third-order valence-corrected chi connectivity index (χ3v) is 6.47. The van der Waals surface area contributed by atoms with Gasteiger partial charge in [0.25, 0.3) is 5.91 Å². The SMILES string of the molecule is CSc1sc(C(=O)N[C@@H]2C[C@H]3CC[C@@H]2N3)cc1Cl. The largest absolute Gasteiger partial charge is 0.347 e. The van der Waals surface area contributed by atoms with Gasteiger partial charge < -0.3 is 10.6 Å². The van der Waals surface area contributed by atoms with E-state index in [0.717, 1.165) is 10.6 Å². The van der Waals surface area contributed by atoms with Gasteiger partial charge >= 0.3 is 0 Å². The van der Waals surface area contributed by atoms with Gasteiger partial charge in [-0.25, -0.2) is 0 Å². The van der Waals surface area contributed by atoms with E-state index in [0.29, 0.717) is 22.0 Å². The molecule has 18 heavy (non-hydrogen) atoms. The van der Waals surface area contributed by atoms with Gasteiger partial charge in [0.1, 0.15) is 0 Å². The molecule has 3 atom stereocenters. The van der Waals surface area contributed by atoms with Crippen molar-refractivity contribution in [2.75, 3.05) is 6.26 Å². The van der Waals surface area contributed by atoms with E-state index in [1.54, 1.807) is 17.8 Å². The van der Waals surface area contributed by atoms with Gasteiger partial charge in [-0.1, -0.05) is 11.6 Å². The van der Waals surface area contributed by atoms with E-state index in [1.165, 1.54) is 24.2 Å². The molecule has 6 heteroatoms. The Morgan fingerprint density at radius 3 is 3.00 bits per heavy atom. The summed E-state index contributed by atoms with van der Waals surface area (Å²) in [6.07, 6.45) is 5.46. The highest BCUT2D eigenvalue weighted by atomic mass is 35.5. The maximum atomic E-state index is 12.2. The Bertz CT molecular complexity index is 477. The normalized spacial score (nSPS) is 29.8. The average Bonchev–Trinajstić information content (AvgIpc) is 3.03. The van der Waals surface area contributed by atoms with Gasteiger partial charge in [-0.15, -0.1) is 23.1 Å². The predicted molar refractivity (Wildman–Crippen MR) is 76.9 cm³/mol. The number of carbonyl (C=O) groups is 1. The van der Waals surface area contributed by atoms with Crippen LogP contribution in [0.15, 0.2) is 10.3 Å². The van der Waals surface area contributed by atoms with E-state index in [2.05, 4.69) is 10.6 Å². The van der Waals surface area contributed by atoms with Crippen LogP contribution in [0, 0.1) is 0 Å². The molecule has 0 aliphatic carbocycles. The summed E-state index contributed by atoms with van der Waals surface area (Å²) in [5.41, 5.74) is 0. The maximum absolute atomic E-state index is 12.2. The average molecular weight is 303 g/mol. The van der Waals surface area contributed by atoms with Gasteiger partial charge in [-0.2, -0.15) is 0 Å². The molecule has 98 valence electrons. The molecule has 2 N–H and O–H groups in total. The van der Waals surface area contributed by atoms with Gasteiger partial charge in [0.2, 0.25) is 0 Å². The fraction of sp³-hybridized carbons (Fsp3) is 0.583. The van der Waals surface area contributed by atoms with Crippen molar-refractivity contribution in [1.82, 2.24) is 10.6 Å². The number of nitrogens with one attached hydrogen (secondary N) is 2. The maximum Gasteiger partial charge on any atom is 0.261 e. The van der Waals surface area contributed by atoms with Crippen LogP contribution in [0.1, 0.15) is 28.9 Å². The first-order valence-corrected chi connectivity index (χ1v) is 8.49. The Morgan fingerprint density at radius 1 is 1.61 bits per heavy atom. The molecule has 2 bridgehead atoms. The number of amides is 1. The predicted octanol–water partition coefficient (Wildman–Crippen LogP) is 2.75. The minimum absolute atomic E-state index is 0.0153. The van der Waals surface area contributed by atoms with Crippen LogP contribution in [0.25, 0.3) is 0 Å². The van der Waals surface area contributed by atoms with Crippen LogP contribution < -0.4 is 10.6 Å². The summed E-state index contributed by atoms with van der Waals surface area (Å²) in [5, 5.41) is 7.34. The van der Waals surface area contributed by atoms with E-state index < -0.39 is 0 Å².